The first kappa shape index (κ1) is 9.99. The van der Waals surface area contributed by atoms with Crippen LogP contribution in [-0.2, 0) is 11.2 Å². The van der Waals surface area contributed by atoms with E-state index in [2.05, 4.69) is 4.98 Å². The van der Waals surface area contributed by atoms with E-state index in [0.29, 0.717) is 5.56 Å². The quantitative estimate of drug-likeness (QED) is 0.741. The molecule has 0 aliphatic rings. The molecule has 0 atom stereocenters. The Hall–Kier alpha value is -1.09. The highest BCUT2D eigenvalue weighted by Gasteiger charge is 2.08. The summed E-state index contributed by atoms with van der Waals surface area (Å²) in [4.78, 5) is 14.5. The Kier molecular flexibility index (Phi) is 2.88. The molecule has 1 aromatic heterocycles. The van der Waals surface area contributed by atoms with Gasteiger partial charge in [-0.25, -0.2) is 4.98 Å². The summed E-state index contributed by atoms with van der Waals surface area (Å²) in [6.45, 7) is 3.72. The van der Waals surface area contributed by atoms with Gasteiger partial charge in [-0.05, 0) is 19.4 Å². The van der Waals surface area contributed by atoms with Gasteiger partial charge in [0.15, 0.2) is 0 Å². The number of carbonyl (C=O) groups is 1. The number of rotatable bonds is 2. The minimum absolute atomic E-state index is 0.0764. The lowest BCUT2D eigenvalue weighted by Crippen LogP contribution is -2.03. The predicted molar refractivity (Wildman–Crippen MR) is 50.1 cm³/mol. The maximum Gasteiger partial charge on any atom is 0.307 e. The number of aryl methyl sites for hydroxylation is 2. The molecule has 0 aliphatic carbocycles. The van der Waals surface area contributed by atoms with E-state index >= 15 is 0 Å². The van der Waals surface area contributed by atoms with Gasteiger partial charge in [-0.15, -0.1) is 0 Å². The molecule has 1 heterocycles. The zero-order valence-electron chi connectivity index (χ0n) is 7.47. The van der Waals surface area contributed by atoms with Gasteiger partial charge in [0.25, 0.3) is 0 Å². The fraction of sp³-hybridized carbons (Fsp3) is 0.333. The fourth-order valence-electron chi connectivity index (χ4n) is 1.02. The minimum Gasteiger partial charge on any atom is -0.481 e. The Morgan fingerprint density at radius 1 is 1.62 bits per heavy atom. The highest BCUT2D eigenvalue weighted by atomic mass is 35.5. The van der Waals surface area contributed by atoms with Crippen molar-refractivity contribution in [2.75, 3.05) is 0 Å². The fourth-order valence-corrected chi connectivity index (χ4v) is 1.27. The molecule has 13 heavy (non-hydrogen) atoms. The highest BCUT2D eigenvalue weighted by Crippen LogP contribution is 2.17. The van der Waals surface area contributed by atoms with Crippen molar-refractivity contribution in [2.24, 2.45) is 0 Å². The first-order chi connectivity index (χ1) is 6.00. The Balaban J connectivity index is 3.08. The molecular formula is C9H10ClNO2. The van der Waals surface area contributed by atoms with Crippen molar-refractivity contribution < 1.29 is 9.90 Å². The van der Waals surface area contributed by atoms with Crippen LogP contribution in [0.15, 0.2) is 6.07 Å². The zero-order chi connectivity index (χ0) is 10.0. The summed E-state index contributed by atoms with van der Waals surface area (Å²) < 4.78 is 0. The van der Waals surface area contributed by atoms with Crippen molar-refractivity contribution >= 4 is 17.6 Å². The summed E-state index contributed by atoms with van der Waals surface area (Å²) in [6, 6.07) is 1.76. The third kappa shape index (κ3) is 2.42. The molecule has 0 fully saturated rings. The Labute approximate surface area is 81.4 Å². The summed E-state index contributed by atoms with van der Waals surface area (Å²) in [6.07, 6.45) is -0.0764. The second kappa shape index (κ2) is 3.75. The lowest BCUT2D eigenvalue weighted by atomic mass is 10.1. The SMILES string of the molecule is Cc1cc(CC(=O)O)c(Cl)nc1C. The molecule has 0 aliphatic heterocycles. The standard InChI is InChI=1S/C9H10ClNO2/c1-5-3-7(4-8(12)13)9(10)11-6(5)2/h3H,4H2,1-2H3,(H,12,13). The number of pyridine rings is 1. The van der Waals surface area contributed by atoms with E-state index in [1.165, 1.54) is 0 Å². The number of hydrogen-bond donors (Lipinski definition) is 1. The Morgan fingerprint density at radius 3 is 2.77 bits per heavy atom. The van der Waals surface area contributed by atoms with Crippen LogP contribution < -0.4 is 0 Å². The number of carboxylic acid groups (broad SMARTS) is 1. The van der Waals surface area contributed by atoms with Crippen LogP contribution >= 0.6 is 11.6 Å². The molecule has 0 amide bonds. The predicted octanol–water partition coefficient (Wildman–Crippen LogP) is 1.98. The van der Waals surface area contributed by atoms with Crippen molar-refractivity contribution in [1.29, 1.82) is 0 Å². The first-order valence-corrected chi connectivity index (χ1v) is 4.23. The summed E-state index contributed by atoms with van der Waals surface area (Å²) in [5.41, 5.74) is 2.36. The molecule has 4 heteroatoms. The lowest BCUT2D eigenvalue weighted by molar-refractivity contribution is -0.136. The van der Waals surface area contributed by atoms with Crippen LogP contribution in [0.3, 0.4) is 0 Å². The molecule has 0 bridgehead atoms. The molecule has 0 unspecified atom stereocenters. The minimum atomic E-state index is -0.896. The average Bonchev–Trinajstić information content (AvgIpc) is 1.99. The number of halogens is 1. The van der Waals surface area contributed by atoms with Gasteiger partial charge in [0.1, 0.15) is 5.15 Å². The third-order valence-electron chi connectivity index (χ3n) is 1.83. The van der Waals surface area contributed by atoms with Crippen LogP contribution in [0.5, 0.6) is 0 Å². The van der Waals surface area contributed by atoms with Crippen molar-refractivity contribution in [1.82, 2.24) is 4.98 Å². The summed E-state index contributed by atoms with van der Waals surface area (Å²) in [5.74, 6) is -0.896. The zero-order valence-corrected chi connectivity index (χ0v) is 8.22. The van der Waals surface area contributed by atoms with E-state index in [1.54, 1.807) is 6.07 Å². The number of hydrogen-bond acceptors (Lipinski definition) is 2. The van der Waals surface area contributed by atoms with Crippen LogP contribution in [-0.4, -0.2) is 16.1 Å². The maximum absolute atomic E-state index is 10.4. The van der Waals surface area contributed by atoms with Gasteiger partial charge in [-0.3, -0.25) is 4.79 Å². The molecule has 0 spiro atoms. The van der Waals surface area contributed by atoms with Crippen molar-refractivity contribution in [3.05, 3.63) is 28.0 Å². The molecule has 3 nitrogen and oxygen atoms in total. The largest absolute Gasteiger partial charge is 0.481 e. The van der Waals surface area contributed by atoms with Crippen LogP contribution in [0, 0.1) is 13.8 Å². The Morgan fingerprint density at radius 2 is 2.23 bits per heavy atom. The van der Waals surface area contributed by atoms with E-state index in [1.807, 2.05) is 13.8 Å². The smallest absolute Gasteiger partial charge is 0.307 e. The van der Waals surface area contributed by atoms with E-state index < -0.39 is 5.97 Å². The van der Waals surface area contributed by atoms with E-state index in [9.17, 15) is 4.79 Å². The number of carboxylic acids is 1. The van der Waals surface area contributed by atoms with Gasteiger partial charge in [0.2, 0.25) is 0 Å². The van der Waals surface area contributed by atoms with E-state index in [4.69, 9.17) is 16.7 Å². The van der Waals surface area contributed by atoms with Crippen molar-refractivity contribution in [3.63, 3.8) is 0 Å². The van der Waals surface area contributed by atoms with Crippen LogP contribution in [0.1, 0.15) is 16.8 Å². The Bertz CT molecular complexity index is 350. The summed E-state index contributed by atoms with van der Waals surface area (Å²) in [7, 11) is 0. The van der Waals surface area contributed by atoms with Crippen LogP contribution in [0.4, 0.5) is 0 Å². The highest BCUT2D eigenvalue weighted by molar-refractivity contribution is 6.30. The molecule has 1 rings (SSSR count). The van der Waals surface area contributed by atoms with E-state index in [0.717, 1.165) is 11.3 Å². The van der Waals surface area contributed by atoms with Gasteiger partial charge >= 0.3 is 5.97 Å². The van der Waals surface area contributed by atoms with Crippen LogP contribution in [0.2, 0.25) is 5.15 Å². The molecule has 1 N–H and O–H groups in total. The second-order valence-electron chi connectivity index (χ2n) is 2.91. The van der Waals surface area contributed by atoms with Gasteiger partial charge in [0, 0.05) is 11.3 Å². The summed E-state index contributed by atoms with van der Waals surface area (Å²) in [5, 5.41) is 8.85. The summed E-state index contributed by atoms with van der Waals surface area (Å²) >= 11 is 5.77. The normalized spacial score (nSPS) is 10.1. The molecule has 0 radical (unpaired) electrons. The molecule has 0 saturated carbocycles. The van der Waals surface area contributed by atoms with Crippen molar-refractivity contribution in [2.45, 2.75) is 20.3 Å². The molecule has 70 valence electrons. The lowest BCUT2D eigenvalue weighted by Gasteiger charge is -2.04. The van der Waals surface area contributed by atoms with Gasteiger partial charge in [-0.2, -0.15) is 0 Å². The topological polar surface area (TPSA) is 50.2 Å². The van der Waals surface area contributed by atoms with Crippen LogP contribution in [0.25, 0.3) is 0 Å². The van der Waals surface area contributed by atoms with Gasteiger partial charge in [-0.1, -0.05) is 17.7 Å². The number of aromatic nitrogens is 1. The molecule has 0 saturated heterocycles. The maximum atomic E-state index is 10.4. The molecule has 1 aromatic rings. The first-order valence-electron chi connectivity index (χ1n) is 3.85. The number of aliphatic carboxylic acids is 1. The van der Waals surface area contributed by atoms with Crippen molar-refractivity contribution in [3.8, 4) is 0 Å². The second-order valence-corrected chi connectivity index (χ2v) is 3.27. The molecule has 0 aromatic carbocycles. The van der Waals surface area contributed by atoms with Gasteiger partial charge < -0.3 is 5.11 Å². The van der Waals surface area contributed by atoms with Gasteiger partial charge in [0.05, 0.1) is 6.42 Å². The monoisotopic (exact) mass is 199 g/mol. The van der Waals surface area contributed by atoms with E-state index in [-0.39, 0.29) is 11.6 Å². The number of nitrogens with zero attached hydrogens (tertiary/aromatic N) is 1. The average molecular weight is 200 g/mol. The molecular weight excluding hydrogens is 190 g/mol. The third-order valence-corrected chi connectivity index (χ3v) is 2.16.